The summed E-state index contributed by atoms with van der Waals surface area (Å²) in [5, 5.41) is 15.7. The van der Waals surface area contributed by atoms with E-state index in [1.54, 1.807) is 12.3 Å². The highest BCUT2D eigenvalue weighted by atomic mass is 35.5. The van der Waals surface area contributed by atoms with Crippen molar-refractivity contribution in [2.45, 2.75) is 49.9 Å². The van der Waals surface area contributed by atoms with E-state index in [-0.39, 0.29) is 6.10 Å². The lowest BCUT2D eigenvalue weighted by Crippen LogP contribution is -2.13. The Bertz CT molecular complexity index is 724. The number of benzene rings is 1. The molecule has 1 unspecified atom stereocenters. The lowest BCUT2D eigenvalue weighted by Gasteiger charge is -2.22. The first kappa shape index (κ1) is 22.8. The second kappa shape index (κ2) is 12.2. The zero-order valence-electron chi connectivity index (χ0n) is 15.2. The van der Waals surface area contributed by atoms with Gasteiger partial charge in [0.1, 0.15) is 11.9 Å². The van der Waals surface area contributed by atoms with E-state index >= 15 is 0 Å². The van der Waals surface area contributed by atoms with Crippen molar-refractivity contribution in [1.29, 1.82) is 0 Å². The van der Waals surface area contributed by atoms with Gasteiger partial charge in [0.15, 0.2) is 0 Å². The molecule has 0 spiro atoms. The van der Waals surface area contributed by atoms with Crippen LogP contribution in [0.15, 0.2) is 30.6 Å². The van der Waals surface area contributed by atoms with Gasteiger partial charge in [0.2, 0.25) is 0 Å². The molecular formula is C18H23Cl2N3O4S. The summed E-state index contributed by atoms with van der Waals surface area (Å²) in [6.45, 7) is 0. The van der Waals surface area contributed by atoms with Crippen LogP contribution in [0.4, 0.5) is 0 Å². The SMILES string of the molecule is Clc1ccc(CC(OCSC2CCCCC2)c2ncc[nH]2)c(Cl)c1.O=[N+]([O-])O. The summed E-state index contributed by atoms with van der Waals surface area (Å²) < 4.78 is 6.16. The third-order valence-corrected chi connectivity index (χ3v) is 6.17. The van der Waals surface area contributed by atoms with Crippen molar-refractivity contribution in [2.24, 2.45) is 0 Å². The first-order valence-electron chi connectivity index (χ1n) is 8.95. The number of aromatic amines is 1. The van der Waals surface area contributed by atoms with Crippen LogP contribution in [0, 0.1) is 10.1 Å². The molecule has 2 aromatic rings. The molecule has 1 aliphatic rings. The van der Waals surface area contributed by atoms with Crippen molar-refractivity contribution >= 4 is 35.0 Å². The van der Waals surface area contributed by atoms with Crippen molar-refractivity contribution in [3.05, 3.63) is 62.1 Å². The Kier molecular flexibility index (Phi) is 9.91. The number of thioether (sulfide) groups is 1. The van der Waals surface area contributed by atoms with Gasteiger partial charge in [-0.15, -0.1) is 21.9 Å². The van der Waals surface area contributed by atoms with Crippen molar-refractivity contribution < 1.29 is 15.0 Å². The third-order valence-electron chi connectivity index (χ3n) is 4.37. The molecular weight excluding hydrogens is 425 g/mol. The Labute approximate surface area is 177 Å². The number of hydrogen-bond donors (Lipinski definition) is 2. The average molecular weight is 448 g/mol. The number of halogens is 2. The number of imidazole rings is 1. The molecule has 1 heterocycles. The molecule has 3 rings (SSSR count). The van der Waals surface area contributed by atoms with Gasteiger partial charge in [-0.05, 0) is 30.5 Å². The number of ether oxygens (including phenoxy) is 1. The summed E-state index contributed by atoms with van der Waals surface area (Å²) in [6.07, 6.45) is 10.8. The van der Waals surface area contributed by atoms with Crippen LogP contribution in [0.1, 0.15) is 49.6 Å². The number of rotatable bonds is 7. The van der Waals surface area contributed by atoms with Crippen molar-refractivity contribution in [3.63, 3.8) is 0 Å². The number of hydrogen-bond acceptors (Lipinski definition) is 5. The van der Waals surface area contributed by atoms with Gasteiger partial charge >= 0.3 is 0 Å². The van der Waals surface area contributed by atoms with Gasteiger partial charge in [-0.25, -0.2) is 4.98 Å². The number of nitrogens with one attached hydrogen (secondary N) is 1. The second-order valence-electron chi connectivity index (χ2n) is 6.35. The van der Waals surface area contributed by atoms with Gasteiger partial charge in [0.05, 0.1) is 5.94 Å². The normalized spacial score (nSPS) is 15.5. The minimum Gasteiger partial charge on any atom is -0.359 e. The molecule has 1 aliphatic carbocycles. The molecule has 154 valence electrons. The topological polar surface area (TPSA) is 101 Å². The monoisotopic (exact) mass is 447 g/mol. The fourth-order valence-electron chi connectivity index (χ4n) is 3.02. The highest BCUT2D eigenvalue weighted by Gasteiger charge is 2.19. The zero-order chi connectivity index (χ0) is 20.4. The van der Waals surface area contributed by atoms with E-state index in [2.05, 4.69) is 9.97 Å². The summed E-state index contributed by atoms with van der Waals surface area (Å²) in [5.74, 6) is 1.52. The van der Waals surface area contributed by atoms with Crippen LogP contribution in [0.5, 0.6) is 0 Å². The minimum absolute atomic E-state index is 0.130. The molecule has 7 nitrogen and oxygen atoms in total. The minimum atomic E-state index is -1.50. The molecule has 1 saturated carbocycles. The molecule has 1 aromatic heterocycles. The van der Waals surface area contributed by atoms with Gasteiger partial charge in [-0.2, -0.15) is 0 Å². The summed E-state index contributed by atoms with van der Waals surface area (Å²) in [6, 6.07) is 5.59. The average Bonchev–Trinajstić information content (AvgIpc) is 3.18. The Morgan fingerprint density at radius 1 is 1.36 bits per heavy atom. The van der Waals surface area contributed by atoms with Crippen LogP contribution >= 0.6 is 35.0 Å². The number of nitrogens with zero attached hydrogens (tertiary/aromatic N) is 2. The lowest BCUT2D eigenvalue weighted by atomic mass is 10.0. The van der Waals surface area contributed by atoms with Crippen LogP contribution in [0.25, 0.3) is 0 Å². The van der Waals surface area contributed by atoms with Crippen molar-refractivity contribution in [3.8, 4) is 0 Å². The van der Waals surface area contributed by atoms with Gasteiger partial charge in [0.25, 0.3) is 5.09 Å². The largest absolute Gasteiger partial charge is 0.359 e. The molecule has 0 aliphatic heterocycles. The summed E-state index contributed by atoms with van der Waals surface area (Å²) >= 11 is 14.2. The summed E-state index contributed by atoms with van der Waals surface area (Å²) in [5.41, 5.74) is 1.02. The quantitative estimate of drug-likeness (QED) is 0.320. The van der Waals surface area contributed by atoms with Crippen LogP contribution < -0.4 is 0 Å². The highest BCUT2D eigenvalue weighted by Crippen LogP contribution is 2.31. The van der Waals surface area contributed by atoms with Gasteiger partial charge in [-0.3, -0.25) is 0 Å². The van der Waals surface area contributed by atoms with E-state index in [4.69, 9.17) is 43.3 Å². The first-order chi connectivity index (χ1) is 13.5. The maximum atomic E-state index is 8.36. The molecule has 0 radical (unpaired) electrons. The maximum Gasteiger partial charge on any atom is 0.291 e. The summed E-state index contributed by atoms with van der Waals surface area (Å²) in [4.78, 5) is 15.9. The number of H-pyrrole nitrogens is 1. The molecule has 1 atom stereocenters. The maximum absolute atomic E-state index is 8.36. The Hall–Kier alpha value is -1.48. The van der Waals surface area contributed by atoms with E-state index in [9.17, 15) is 0 Å². The van der Waals surface area contributed by atoms with Crippen molar-refractivity contribution in [1.82, 2.24) is 9.97 Å². The second-order valence-corrected chi connectivity index (χ2v) is 8.43. The smallest absolute Gasteiger partial charge is 0.291 e. The predicted molar refractivity (Wildman–Crippen MR) is 111 cm³/mol. The molecule has 10 heteroatoms. The Morgan fingerprint density at radius 2 is 2.07 bits per heavy atom. The van der Waals surface area contributed by atoms with Gasteiger partial charge < -0.3 is 14.9 Å². The molecule has 1 aromatic carbocycles. The molecule has 0 bridgehead atoms. The molecule has 0 amide bonds. The molecule has 28 heavy (non-hydrogen) atoms. The highest BCUT2D eigenvalue weighted by molar-refractivity contribution is 7.99. The van der Waals surface area contributed by atoms with Crippen LogP contribution in [0.2, 0.25) is 10.0 Å². The van der Waals surface area contributed by atoms with E-state index in [0.717, 1.165) is 16.6 Å². The van der Waals surface area contributed by atoms with Gasteiger partial charge in [0, 0.05) is 34.1 Å². The lowest BCUT2D eigenvalue weighted by molar-refractivity contribution is -0.742. The fourth-order valence-corrected chi connectivity index (χ4v) is 4.61. The Balaban J connectivity index is 0.000000640. The van der Waals surface area contributed by atoms with Crippen LogP contribution in [-0.2, 0) is 11.2 Å². The third kappa shape index (κ3) is 8.26. The standard InChI is InChI=1S/C18H22Cl2N2OS.HNO3/c19-14-7-6-13(16(20)11-14)10-17(18-21-8-9-22-18)23-12-24-15-4-2-1-3-5-15;2-1(3)4/h6-9,11,15,17H,1-5,10,12H2,(H,21,22);(H,2,3,4). The Morgan fingerprint density at radius 3 is 2.68 bits per heavy atom. The molecule has 1 fully saturated rings. The number of aromatic nitrogens is 2. The van der Waals surface area contributed by atoms with E-state index in [0.29, 0.717) is 22.4 Å². The molecule has 2 N–H and O–H groups in total. The zero-order valence-corrected chi connectivity index (χ0v) is 17.6. The van der Waals surface area contributed by atoms with Crippen LogP contribution in [0.3, 0.4) is 0 Å². The fraction of sp³-hybridized carbons (Fsp3) is 0.500. The van der Waals surface area contributed by atoms with E-state index < -0.39 is 5.09 Å². The predicted octanol–water partition coefficient (Wildman–Crippen LogP) is 5.69. The molecule has 0 saturated heterocycles. The van der Waals surface area contributed by atoms with Crippen LogP contribution in [-0.4, -0.2) is 31.5 Å². The van der Waals surface area contributed by atoms with E-state index in [1.807, 2.05) is 30.1 Å². The van der Waals surface area contributed by atoms with E-state index in [1.165, 1.54) is 32.1 Å². The summed E-state index contributed by atoms with van der Waals surface area (Å²) in [7, 11) is 0. The first-order valence-corrected chi connectivity index (χ1v) is 10.8. The van der Waals surface area contributed by atoms with Gasteiger partial charge in [-0.1, -0.05) is 48.5 Å². The van der Waals surface area contributed by atoms with Crippen molar-refractivity contribution in [2.75, 3.05) is 5.94 Å².